The van der Waals surface area contributed by atoms with E-state index >= 15 is 0 Å². The summed E-state index contributed by atoms with van der Waals surface area (Å²) in [5, 5.41) is 3.14. The van der Waals surface area contributed by atoms with E-state index in [0.29, 0.717) is 5.91 Å². The normalized spacial score (nSPS) is 28.2. The van der Waals surface area contributed by atoms with E-state index in [9.17, 15) is 4.79 Å². The van der Waals surface area contributed by atoms with Gasteiger partial charge in [-0.2, -0.15) is 23.5 Å². The van der Waals surface area contributed by atoms with Gasteiger partial charge in [-0.3, -0.25) is 4.79 Å². The van der Waals surface area contributed by atoms with Gasteiger partial charge in [0.2, 0.25) is 5.91 Å². The van der Waals surface area contributed by atoms with Crippen LogP contribution in [0.5, 0.6) is 0 Å². The minimum atomic E-state index is 0.0282. The van der Waals surface area contributed by atoms with Crippen LogP contribution in [0.1, 0.15) is 12.8 Å². The van der Waals surface area contributed by atoms with Crippen molar-refractivity contribution in [2.45, 2.75) is 18.9 Å². The van der Waals surface area contributed by atoms with Gasteiger partial charge in [-0.05, 0) is 37.3 Å². The Balaban J connectivity index is 1.90. The fourth-order valence-electron chi connectivity index (χ4n) is 2.41. The van der Waals surface area contributed by atoms with Crippen LogP contribution < -0.4 is 5.32 Å². The molecule has 5 heteroatoms. The Labute approximate surface area is 112 Å². The van der Waals surface area contributed by atoms with Crippen molar-refractivity contribution in [3.63, 3.8) is 0 Å². The summed E-state index contributed by atoms with van der Waals surface area (Å²) < 4.78 is 0. The Morgan fingerprint density at radius 3 is 2.76 bits per heavy atom. The van der Waals surface area contributed by atoms with Crippen LogP contribution in [0.15, 0.2) is 0 Å². The summed E-state index contributed by atoms with van der Waals surface area (Å²) in [6.07, 6.45) is 2.57. The predicted molar refractivity (Wildman–Crippen MR) is 76.8 cm³/mol. The van der Waals surface area contributed by atoms with Gasteiger partial charge in [0, 0.05) is 24.6 Å². The van der Waals surface area contributed by atoms with E-state index in [1.165, 1.54) is 24.3 Å². The number of amides is 1. The monoisotopic (exact) mass is 274 g/mol. The van der Waals surface area contributed by atoms with Crippen LogP contribution in [-0.4, -0.2) is 60.0 Å². The third-order valence-electron chi connectivity index (χ3n) is 3.57. The lowest BCUT2D eigenvalue weighted by Gasteiger charge is -2.30. The molecule has 17 heavy (non-hydrogen) atoms. The summed E-state index contributed by atoms with van der Waals surface area (Å²) in [7, 11) is 1.89. The first-order chi connectivity index (χ1) is 8.31. The van der Waals surface area contributed by atoms with Gasteiger partial charge < -0.3 is 10.2 Å². The van der Waals surface area contributed by atoms with Gasteiger partial charge in [0.25, 0.3) is 0 Å². The Morgan fingerprint density at radius 1 is 1.29 bits per heavy atom. The molecule has 0 bridgehead atoms. The molecule has 2 fully saturated rings. The van der Waals surface area contributed by atoms with Crippen molar-refractivity contribution >= 4 is 29.4 Å². The van der Waals surface area contributed by atoms with E-state index in [4.69, 9.17) is 0 Å². The summed E-state index contributed by atoms with van der Waals surface area (Å²) in [5.74, 6) is 5.61. The van der Waals surface area contributed by atoms with E-state index in [1.807, 2.05) is 18.8 Å². The molecule has 0 aliphatic carbocycles. The molecule has 3 nitrogen and oxygen atoms in total. The van der Waals surface area contributed by atoms with Crippen molar-refractivity contribution < 1.29 is 4.79 Å². The van der Waals surface area contributed by atoms with E-state index in [1.54, 1.807) is 0 Å². The van der Waals surface area contributed by atoms with Crippen molar-refractivity contribution in [3.8, 4) is 0 Å². The molecule has 1 N–H and O–H groups in total. The average Bonchev–Trinajstić information content (AvgIpc) is 2.54. The molecule has 0 aromatic rings. The molecule has 0 aromatic heterocycles. The molecule has 98 valence electrons. The molecule has 0 aromatic carbocycles. The van der Waals surface area contributed by atoms with Gasteiger partial charge in [-0.15, -0.1) is 0 Å². The van der Waals surface area contributed by atoms with Crippen molar-refractivity contribution in [1.29, 1.82) is 0 Å². The van der Waals surface area contributed by atoms with Gasteiger partial charge in [-0.1, -0.05) is 0 Å². The summed E-state index contributed by atoms with van der Waals surface area (Å²) in [6, 6.07) is 0.0282. The smallest absolute Gasteiger partial charge is 0.240 e. The second-order valence-electron chi connectivity index (χ2n) is 4.76. The van der Waals surface area contributed by atoms with Crippen molar-refractivity contribution in [2.75, 3.05) is 43.1 Å². The van der Waals surface area contributed by atoms with E-state index < -0.39 is 0 Å². The Morgan fingerprint density at radius 2 is 2.06 bits per heavy atom. The lowest BCUT2D eigenvalue weighted by Crippen LogP contribution is -2.47. The van der Waals surface area contributed by atoms with Crippen LogP contribution in [-0.2, 0) is 4.79 Å². The van der Waals surface area contributed by atoms with Gasteiger partial charge >= 0.3 is 0 Å². The average molecular weight is 274 g/mol. The standard InChI is InChI=1S/C12H22N2OS2/c1-13-11-9-17-7-4-14(12(11)15)8-10-2-5-16-6-3-10/h10-11,13H,2-9H2,1H3. The highest BCUT2D eigenvalue weighted by atomic mass is 32.2. The highest BCUT2D eigenvalue weighted by molar-refractivity contribution is 7.99. The van der Waals surface area contributed by atoms with Crippen LogP contribution >= 0.6 is 23.5 Å². The first-order valence-electron chi connectivity index (χ1n) is 6.43. The minimum absolute atomic E-state index is 0.0282. The van der Waals surface area contributed by atoms with Gasteiger partial charge in [0.15, 0.2) is 0 Å². The van der Waals surface area contributed by atoms with Crippen LogP contribution in [0, 0.1) is 5.92 Å². The molecule has 0 radical (unpaired) electrons. The van der Waals surface area contributed by atoms with Crippen LogP contribution in [0.3, 0.4) is 0 Å². The highest BCUT2D eigenvalue weighted by Crippen LogP contribution is 2.24. The fraction of sp³-hybridized carbons (Fsp3) is 0.917. The van der Waals surface area contributed by atoms with Crippen molar-refractivity contribution in [3.05, 3.63) is 0 Å². The van der Waals surface area contributed by atoms with Crippen molar-refractivity contribution in [2.24, 2.45) is 5.92 Å². The maximum Gasteiger partial charge on any atom is 0.240 e. The third kappa shape index (κ3) is 3.80. The van der Waals surface area contributed by atoms with Gasteiger partial charge in [0.05, 0.1) is 6.04 Å². The molecule has 0 saturated carbocycles. The minimum Gasteiger partial charge on any atom is -0.340 e. The fourth-order valence-corrected chi connectivity index (χ4v) is 4.67. The zero-order chi connectivity index (χ0) is 12.1. The zero-order valence-corrected chi connectivity index (χ0v) is 12.1. The SMILES string of the molecule is CNC1CSCCN(CC2CCSCC2)C1=O. The number of thioether (sulfide) groups is 2. The molecule has 1 atom stereocenters. The lowest BCUT2D eigenvalue weighted by molar-refractivity contribution is -0.133. The number of hydrogen-bond acceptors (Lipinski definition) is 4. The largest absolute Gasteiger partial charge is 0.340 e. The Bertz CT molecular complexity index is 257. The maximum atomic E-state index is 12.3. The van der Waals surface area contributed by atoms with Crippen molar-refractivity contribution in [1.82, 2.24) is 10.2 Å². The molecule has 0 spiro atoms. The molecule has 2 rings (SSSR count). The number of carbonyl (C=O) groups excluding carboxylic acids is 1. The highest BCUT2D eigenvalue weighted by Gasteiger charge is 2.28. The molecule has 2 heterocycles. The van der Waals surface area contributed by atoms with Crippen LogP contribution in [0.25, 0.3) is 0 Å². The third-order valence-corrected chi connectivity index (χ3v) is 5.66. The summed E-state index contributed by atoms with van der Waals surface area (Å²) in [6.45, 7) is 1.92. The number of hydrogen-bond donors (Lipinski definition) is 1. The molecule has 1 amide bonds. The van der Waals surface area contributed by atoms with E-state index in [-0.39, 0.29) is 6.04 Å². The van der Waals surface area contributed by atoms with Crippen LogP contribution in [0.2, 0.25) is 0 Å². The van der Waals surface area contributed by atoms with Gasteiger partial charge in [0.1, 0.15) is 0 Å². The second kappa shape index (κ2) is 6.90. The number of nitrogens with zero attached hydrogens (tertiary/aromatic N) is 1. The number of carbonyl (C=O) groups is 1. The number of likely N-dealkylation sites (N-methyl/N-ethyl adjacent to an activating group) is 1. The summed E-state index contributed by atoms with van der Waals surface area (Å²) in [4.78, 5) is 14.4. The lowest BCUT2D eigenvalue weighted by atomic mass is 10.0. The molecule has 1 unspecified atom stereocenters. The zero-order valence-electron chi connectivity index (χ0n) is 10.5. The predicted octanol–water partition coefficient (Wildman–Crippen LogP) is 1.29. The first-order valence-corrected chi connectivity index (χ1v) is 8.73. The summed E-state index contributed by atoms with van der Waals surface area (Å²) >= 11 is 3.94. The summed E-state index contributed by atoms with van der Waals surface area (Å²) in [5.41, 5.74) is 0. The Kier molecular flexibility index (Phi) is 5.50. The van der Waals surface area contributed by atoms with E-state index in [0.717, 1.165) is 30.5 Å². The molecular weight excluding hydrogens is 252 g/mol. The quantitative estimate of drug-likeness (QED) is 0.841. The molecular formula is C12H22N2OS2. The maximum absolute atomic E-state index is 12.3. The molecule has 2 aliphatic heterocycles. The molecule has 2 aliphatic rings. The first kappa shape index (κ1) is 13.6. The molecule has 2 saturated heterocycles. The van der Waals surface area contributed by atoms with Gasteiger partial charge in [-0.25, -0.2) is 0 Å². The second-order valence-corrected chi connectivity index (χ2v) is 7.13. The Hall–Kier alpha value is 0.130. The number of rotatable bonds is 3. The topological polar surface area (TPSA) is 32.3 Å². The number of nitrogens with one attached hydrogen (secondary N) is 1. The van der Waals surface area contributed by atoms with E-state index in [2.05, 4.69) is 22.0 Å². The van der Waals surface area contributed by atoms with Crippen LogP contribution in [0.4, 0.5) is 0 Å².